The Morgan fingerprint density at radius 1 is 1.53 bits per heavy atom. The quantitative estimate of drug-likeness (QED) is 0.935. The molecule has 19 heavy (non-hydrogen) atoms. The molecule has 1 aromatic heterocycles. The van der Waals surface area contributed by atoms with Crippen molar-refractivity contribution in [1.82, 2.24) is 4.98 Å². The zero-order chi connectivity index (χ0) is 13.2. The van der Waals surface area contributed by atoms with Gasteiger partial charge in [0.05, 0.1) is 6.54 Å². The molecule has 1 N–H and O–H groups in total. The van der Waals surface area contributed by atoms with Gasteiger partial charge in [-0.25, -0.2) is 4.98 Å². The summed E-state index contributed by atoms with van der Waals surface area (Å²) in [6.45, 7) is 3.15. The summed E-state index contributed by atoms with van der Waals surface area (Å²) in [5.41, 5.74) is 3.37. The predicted octanol–water partition coefficient (Wildman–Crippen LogP) is 2.66. The third-order valence-corrected chi connectivity index (χ3v) is 4.06. The topological polar surface area (TPSA) is 45.2 Å². The molecule has 0 atom stereocenters. The number of hydrogen-bond donors (Lipinski definition) is 1. The molecule has 1 aliphatic rings. The normalized spacial score (nSPS) is 13.4. The van der Waals surface area contributed by atoms with E-state index in [0.717, 1.165) is 35.9 Å². The lowest BCUT2D eigenvalue weighted by Gasteiger charge is -2.15. The number of carbonyl (C=O) groups is 1. The summed E-state index contributed by atoms with van der Waals surface area (Å²) >= 11 is 1.65. The molecule has 4 nitrogen and oxygen atoms in total. The number of anilines is 2. The predicted molar refractivity (Wildman–Crippen MR) is 77.6 cm³/mol. The summed E-state index contributed by atoms with van der Waals surface area (Å²) in [6, 6.07) is 6.17. The third kappa shape index (κ3) is 2.46. The molecule has 0 radical (unpaired) electrons. The van der Waals surface area contributed by atoms with Gasteiger partial charge in [-0.05, 0) is 30.2 Å². The second-order valence-electron chi connectivity index (χ2n) is 4.54. The van der Waals surface area contributed by atoms with Crippen molar-refractivity contribution in [3.63, 3.8) is 0 Å². The first-order valence-electron chi connectivity index (χ1n) is 6.27. The summed E-state index contributed by atoms with van der Waals surface area (Å²) in [5, 5.41) is 6.42. The van der Waals surface area contributed by atoms with Gasteiger partial charge in [0, 0.05) is 36.4 Å². The van der Waals surface area contributed by atoms with Crippen LogP contribution in [0.1, 0.15) is 17.5 Å². The van der Waals surface area contributed by atoms with E-state index >= 15 is 0 Å². The van der Waals surface area contributed by atoms with Crippen molar-refractivity contribution >= 4 is 28.6 Å². The summed E-state index contributed by atoms with van der Waals surface area (Å²) < 4.78 is 0. The van der Waals surface area contributed by atoms with Gasteiger partial charge in [0.25, 0.3) is 0 Å². The Labute approximate surface area is 116 Å². The molecular formula is C14H15N3OS. The summed E-state index contributed by atoms with van der Waals surface area (Å²) in [5.74, 6) is 0.113. The smallest absolute Gasteiger partial charge is 0.223 e. The van der Waals surface area contributed by atoms with E-state index in [4.69, 9.17) is 0 Å². The molecule has 0 saturated carbocycles. The molecule has 3 rings (SSSR count). The summed E-state index contributed by atoms with van der Waals surface area (Å²) in [4.78, 5) is 17.6. The Kier molecular flexibility index (Phi) is 3.21. The van der Waals surface area contributed by atoms with E-state index in [1.165, 1.54) is 5.56 Å². The number of nitrogens with one attached hydrogen (secondary N) is 1. The molecule has 2 aromatic rings. The fraction of sp³-hybridized carbons (Fsp3) is 0.286. The largest absolute Gasteiger partial charge is 0.379 e. The second-order valence-corrected chi connectivity index (χ2v) is 5.52. The van der Waals surface area contributed by atoms with Crippen molar-refractivity contribution < 1.29 is 4.79 Å². The van der Waals surface area contributed by atoms with Gasteiger partial charge in [-0.3, -0.25) is 4.79 Å². The fourth-order valence-corrected chi connectivity index (χ4v) is 2.91. The van der Waals surface area contributed by atoms with Crippen molar-refractivity contribution in [3.05, 3.63) is 40.3 Å². The van der Waals surface area contributed by atoms with E-state index in [1.54, 1.807) is 18.3 Å². The Balaban J connectivity index is 1.74. The van der Waals surface area contributed by atoms with Gasteiger partial charge < -0.3 is 10.2 Å². The molecule has 0 saturated heterocycles. The molecule has 2 heterocycles. The van der Waals surface area contributed by atoms with E-state index in [-0.39, 0.29) is 5.91 Å². The molecule has 5 heteroatoms. The lowest BCUT2D eigenvalue weighted by molar-refractivity contribution is -0.116. The van der Waals surface area contributed by atoms with E-state index in [1.807, 2.05) is 28.6 Å². The Morgan fingerprint density at radius 3 is 3.16 bits per heavy atom. The number of benzene rings is 1. The Bertz CT molecular complexity index is 595. The van der Waals surface area contributed by atoms with Gasteiger partial charge in [0.1, 0.15) is 5.01 Å². The zero-order valence-electron chi connectivity index (χ0n) is 10.7. The minimum Gasteiger partial charge on any atom is -0.379 e. The van der Waals surface area contributed by atoms with Gasteiger partial charge in [-0.2, -0.15) is 0 Å². The van der Waals surface area contributed by atoms with Gasteiger partial charge >= 0.3 is 0 Å². The van der Waals surface area contributed by atoms with Crippen LogP contribution in [0.15, 0.2) is 29.8 Å². The van der Waals surface area contributed by atoms with Gasteiger partial charge in [-0.15, -0.1) is 11.3 Å². The minimum atomic E-state index is 0.113. The van der Waals surface area contributed by atoms with Crippen LogP contribution in [0.4, 0.5) is 11.4 Å². The van der Waals surface area contributed by atoms with Crippen LogP contribution in [0.3, 0.4) is 0 Å². The number of aromatic nitrogens is 1. The minimum absolute atomic E-state index is 0.113. The van der Waals surface area contributed by atoms with Crippen molar-refractivity contribution in [2.24, 2.45) is 0 Å². The summed E-state index contributed by atoms with van der Waals surface area (Å²) in [6.07, 6.45) is 2.75. The van der Waals surface area contributed by atoms with Crippen molar-refractivity contribution in [3.8, 4) is 0 Å². The molecule has 0 fully saturated rings. The molecule has 98 valence electrons. The van der Waals surface area contributed by atoms with E-state index in [2.05, 4.69) is 16.4 Å². The highest BCUT2D eigenvalue weighted by atomic mass is 32.1. The number of hydrogen-bond acceptors (Lipinski definition) is 4. The Hall–Kier alpha value is -1.88. The third-order valence-electron chi connectivity index (χ3n) is 3.28. The van der Waals surface area contributed by atoms with Gasteiger partial charge in [0.15, 0.2) is 0 Å². The number of rotatable bonds is 3. The standard InChI is InChI=1S/C14H15N3OS/c1-10(18)17-6-4-11-8-12(2-3-13(11)17)16-9-14-15-5-7-19-14/h2-3,5,7-8,16H,4,6,9H2,1H3. The second kappa shape index (κ2) is 5.01. The van der Waals surface area contributed by atoms with Crippen LogP contribution >= 0.6 is 11.3 Å². The molecule has 0 unspecified atom stereocenters. The van der Waals surface area contributed by atoms with Crippen LogP contribution in [0.2, 0.25) is 0 Å². The molecule has 1 aromatic carbocycles. The molecule has 0 spiro atoms. The van der Waals surface area contributed by atoms with Crippen molar-refractivity contribution in [2.75, 3.05) is 16.8 Å². The maximum atomic E-state index is 11.5. The van der Waals surface area contributed by atoms with Crippen LogP contribution in [0.25, 0.3) is 0 Å². The van der Waals surface area contributed by atoms with E-state index in [0.29, 0.717) is 0 Å². The molecule has 0 bridgehead atoms. The highest BCUT2D eigenvalue weighted by Crippen LogP contribution is 2.30. The van der Waals surface area contributed by atoms with Crippen LogP contribution in [0, 0.1) is 0 Å². The lowest BCUT2D eigenvalue weighted by atomic mass is 10.1. The number of nitrogens with zero attached hydrogens (tertiary/aromatic N) is 2. The summed E-state index contributed by atoms with van der Waals surface area (Å²) in [7, 11) is 0. The molecular weight excluding hydrogens is 258 g/mol. The molecule has 1 aliphatic heterocycles. The van der Waals surface area contributed by atoms with Crippen molar-refractivity contribution in [1.29, 1.82) is 0 Å². The SMILES string of the molecule is CC(=O)N1CCc2cc(NCc3nccs3)ccc21. The van der Waals surface area contributed by atoms with Crippen LogP contribution < -0.4 is 10.2 Å². The van der Waals surface area contributed by atoms with Gasteiger partial charge in [0.2, 0.25) is 5.91 Å². The number of thiazole rings is 1. The van der Waals surface area contributed by atoms with Crippen LogP contribution in [0.5, 0.6) is 0 Å². The fourth-order valence-electron chi connectivity index (χ4n) is 2.36. The monoisotopic (exact) mass is 273 g/mol. The van der Waals surface area contributed by atoms with E-state index < -0.39 is 0 Å². The average Bonchev–Trinajstić information content (AvgIpc) is 3.05. The zero-order valence-corrected chi connectivity index (χ0v) is 11.5. The molecule has 0 aliphatic carbocycles. The first kappa shape index (κ1) is 12.2. The number of fused-ring (bicyclic) bond motifs is 1. The lowest BCUT2D eigenvalue weighted by Crippen LogP contribution is -2.25. The highest BCUT2D eigenvalue weighted by molar-refractivity contribution is 7.09. The average molecular weight is 273 g/mol. The first-order chi connectivity index (χ1) is 9.24. The molecule has 1 amide bonds. The number of amides is 1. The maximum Gasteiger partial charge on any atom is 0.223 e. The van der Waals surface area contributed by atoms with Crippen LogP contribution in [-0.4, -0.2) is 17.4 Å². The van der Waals surface area contributed by atoms with Crippen LogP contribution in [-0.2, 0) is 17.8 Å². The maximum absolute atomic E-state index is 11.5. The highest BCUT2D eigenvalue weighted by Gasteiger charge is 2.21. The Morgan fingerprint density at radius 2 is 2.42 bits per heavy atom. The number of carbonyl (C=O) groups excluding carboxylic acids is 1. The van der Waals surface area contributed by atoms with Crippen molar-refractivity contribution in [2.45, 2.75) is 19.9 Å². The van der Waals surface area contributed by atoms with E-state index in [9.17, 15) is 4.79 Å². The first-order valence-corrected chi connectivity index (χ1v) is 7.15. The van der Waals surface area contributed by atoms with Gasteiger partial charge in [-0.1, -0.05) is 0 Å².